The molecule has 1 N–H and O–H groups in total. The molecule has 7 atom stereocenters. The van der Waals surface area contributed by atoms with Gasteiger partial charge in [0.15, 0.2) is 0 Å². The van der Waals surface area contributed by atoms with E-state index in [9.17, 15) is 19.5 Å². The first-order valence-corrected chi connectivity index (χ1v) is 13.4. The first-order valence-electron chi connectivity index (χ1n) is 13.4. The normalized spacial score (nSPS) is 34.7. The monoisotopic (exact) mass is 554 g/mol. The van der Waals surface area contributed by atoms with Crippen LogP contribution in [-0.2, 0) is 40.4 Å². The van der Waals surface area contributed by atoms with E-state index in [2.05, 4.69) is 4.98 Å². The van der Waals surface area contributed by atoms with Gasteiger partial charge in [0.2, 0.25) is 5.79 Å². The number of nitrogens with zero attached hydrogens (tertiary/aromatic N) is 2. The summed E-state index contributed by atoms with van der Waals surface area (Å²) in [6.45, 7) is 9.04. The Bertz CT molecular complexity index is 1290. The second-order valence-electron chi connectivity index (χ2n) is 11.3. The molecule has 2 bridgehead atoms. The highest BCUT2D eigenvalue weighted by molar-refractivity contribution is 5.91. The van der Waals surface area contributed by atoms with Gasteiger partial charge in [0.25, 0.3) is 0 Å². The van der Waals surface area contributed by atoms with Crippen LogP contribution in [0.1, 0.15) is 46.7 Å². The Morgan fingerprint density at radius 3 is 2.55 bits per heavy atom. The van der Waals surface area contributed by atoms with E-state index in [-0.39, 0.29) is 29.2 Å². The lowest BCUT2D eigenvalue weighted by Gasteiger charge is -2.44. The number of allylic oxidation sites excluding steroid dienone is 2. The summed E-state index contributed by atoms with van der Waals surface area (Å²) < 4.78 is 24.7. The average Bonchev–Trinajstić information content (AvgIpc) is 3.44. The van der Waals surface area contributed by atoms with Gasteiger partial charge in [-0.2, -0.15) is 0 Å². The van der Waals surface area contributed by atoms with Gasteiger partial charge in [0, 0.05) is 32.2 Å². The van der Waals surface area contributed by atoms with Crippen molar-refractivity contribution in [2.45, 2.75) is 64.6 Å². The topological polar surface area (TPSA) is 126 Å². The number of hydrogen-bond acceptors (Lipinski definition) is 9. The molecular weight excluding hydrogens is 516 g/mol. The maximum atomic E-state index is 13.0. The minimum absolute atomic E-state index is 0.0262. The van der Waals surface area contributed by atoms with E-state index in [4.69, 9.17) is 18.9 Å². The van der Waals surface area contributed by atoms with Gasteiger partial charge >= 0.3 is 17.9 Å². The van der Waals surface area contributed by atoms with E-state index in [0.717, 1.165) is 5.57 Å². The van der Waals surface area contributed by atoms with Gasteiger partial charge in [-0.25, -0.2) is 14.6 Å². The number of hydrogen-bond donors (Lipinski definition) is 1. The Morgan fingerprint density at radius 1 is 1.23 bits per heavy atom. The van der Waals surface area contributed by atoms with Crippen LogP contribution in [-0.4, -0.2) is 63.3 Å². The van der Waals surface area contributed by atoms with E-state index in [1.807, 2.05) is 33.9 Å². The number of aromatic nitrogens is 2. The first-order chi connectivity index (χ1) is 18.8. The van der Waals surface area contributed by atoms with Gasteiger partial charge in [-0.1, -0.05) is 25.5 Å². The van der Waals surface area contributed by atoms with Crippen LogP contribution in [0.5, 0.6) is 0 Å². The molecule has 4 rings (SSSR count). The number of imidazole rings is 1. The summed E-state index contributed by atoms with van der Waals surface area (Å²) in [7, 11) is 3.07. The molecular formula is C30H38N2O8. The molecule has 1 aromatic heterocycles. The van der Waals surface area contributed by atoms with Gasteiger partial charge in [-0.15, -0.1) is 0 Å². The lowest BCUT2D eigenvalue weighted by Crippen LogP contribution is -2.48. The minimum atomic E-state index is -2.11. The van der Waals surface area contributed by atoms with Gasteiger partial charge in [0.1, 0.15) is 17.8 Å². The third-order valence-electron chi connectivity index (χ3n) is 8.02. The zero-order valence-corrected chi connectivity index (χ0v) is 24.0. The molecule has 1 aliphatic carbocycles. The van der Waals surface area contributed by atoms with Crippen molar-refractivity contribution in [2.24, 2.45) is 30.7 Å². The van der Waals surface area contributed by atoms with Gasteiger partial charge < -0.3 is 28.6 Å². The second-order valence-corrected chi connectivity index (χ2v) is 11.3. The molecule has 40 heavy (non-hydrogen) atoms. The molecule has 3 aliphatic rings. The van der Waals surface area contributed by atoms with Crippen LogP contribution in [0.25, 0.3) is 6.08 Å². The molecule has 1 aromatic rings. The van der Waals surface area contributed by atoms with Crippen LogP contribution in [0.4, 0.5) is 0 Å². The summed E-state index contributed by atoms with van der Waals surface area (Å²) in [5, 5.41) is 11.6. The summed E-state index contributed by atoms with van der Waals surface area (Å²) in [6.07, 6.45) is 11.8. The largest absolute Gasteiger partial charge is 0.466 e. The number of rotatable bonds is 6. The molecule has 10 nitrogen and oxygen atoms in total. The third kappa shape index (κ3) is 5.83. The number of methoxy groups -OCH3 is 1. The van der Waals surface area contributed by atoms with Crippen LogP contribution < -0.4 is 0 Å². The number of carbonyl (C=O) groups excluding carboxylic acids is 3. The molecule has 0 saturated heterocycles. The maximum Gasteiger partial charge on any atom is 0.339 e. The van der Waals surface area contributed by atoms with Crippen LogP contribution in [0.3, 0.4) is 0 Å². The SMILES string of the molecule is COC(=O)/C1=C/C2C(CC(OC(=O)/C=C/c3cn(C)cn3)[C@]3(C)C=C[C@@]1(O)O3)C(C)=CC(OC(C)=O)C2C(C)C. The average molecular weight is 555 g/mol. The molecule has 0 radical (unpaired) electrons. The van der Waals surface area contributed by atoms with Crippen molar-refractivity contribution in [1.29, 1.82) is 0 Å². The van der Waals surface area contributed by atoms with Gasteiger partial charge in [-0.3, -0.25) is 4.79 Å². The quantitative estimate of drug-likeness (QED) is 0.244. The zero-order chi connectivity index (χ0) is 29.4. The van der Waals surface area contributed by atoms with Crippen molar-refractivity contribution in [2.75, 3.05) is 7.11 Å². The summed E-state index contributed by atoms with van der Waals surface area (Å²) in [5.41, 5.74) is 0.178. The van der Waals surface area contributed by atoms with E-state index < -0.39 is 41.5 Å². The lowest BCUT2D eigenvalue weighted by molar-refractivity contribution is -0.216. The number of fused-ring (bicyclic) bond motifs is 3. The van der Waals surface area contributed by atoms with Crippen LogP contribution in [0.15, 0.2) is 54.1 Å². The molecule has 0 spiro atoms. The van der Waals surface area contributed by atoms with Crippen molar-refractivity contribution >= 4 is 24.0 Å². The predicted molar refractivity (Wildman–Crippen MR) is 145 cm³/mol. The van der Waals surface area contributed by atoms with Crippen molar-refractivity contribution in [3.05, 3.63) is 59.7 Å². The highest BCUT2D eigenvalue weighted by atomic mass is 16.7. The molecule has 216 valence electrons. The highest BCUT2D eigenvalue weighted by Gasteiger charge is 2.55. The third-order valence-corrected chi connectivity index (χ3v) is 8.02. The van der Waals surface area contributed by atoms with E-state index in [0.29, 0.717) is 12.1 Å². The number of aryl methyl sites for hydroxylation is 1. The van der Waals surface area contributed by atoms with Crippen LogP contribution in [0.2, 0.25) is 0 Å². The van der Waals surface area contributed by atoms with E-state index in [1.54, 1.807) is 42.2 Å². The lowest BCUT2D eigenvalue weighted by atomic mass is 9.64. The molecule has 5 unspecified atom stereocenters. The fourth-order valence-electron chi connectivity index (χ4n) is 6.10. The molecule has 0 amide bonds. The van der Waals surface area contributed by atoms with Crippen molar-refractivity contribution in [1.82, 2.24) is 9.55 Å². The molecule has 0 fully saturated rings. The number of carbonyl (C=O) groups is 3. The molecule has 10 heteroatoms. The number of aliphatic hydroxyl groups is 1. The highest BCUT2D eigenvalue weighted by Crippen LogP contribution is 2.49. The number of ether oxygens (including phenoxy) is 4. The Labute approximate surface area is 234 Å². The summed E-state index contributed by atoms with van der Waals surface area (Å²) in [5.74, 6) is -4.70. The summed E-state index contributed by atoms with van der Waals surface area (Å²) >= 11 is 0. The molecule has 0 saturated carbocycles. The Kier molecular flexibility index (Phi) is 8.23. The zero-order valence-electron chi connectivity index (χ0n) is 24.0. The second kappa shape index (κ2) is 11.2. The van der Waals surface area contributed by atoms with Crippen molar-refractivity contribution in [3.63, 3.8) is 0 Å². The van der Waals surface area contributed by atoms with Crippen molar-refractivity contribution < 1.29 is 38.4 Å². The number of esters is 3. The van der Waals surface area contributed by atoms with E-state index in [1.165, 1.54) is 26.2 Å². The summed E-state index contributed by atoms with van der Waals surface area (Å²) in [4.78, 5) is 42.3. The van der Waals surface area contributed by atoms with Gasteiger partial charge in [-0.05, 0) is 62.3 Å². The molecule has 3 heterocycles. The minimum Gasteiger partial charge on any atom is -0.466 e. The van der Waals surface area contributed by atoms with Crippen LogP contribution >= 0.6 is 0 Å². The Balaban J connectivity index is 1.79. The van der Waals surface area contributed by atoms with Crippen molar-refractivity contribution in [3.8, 4) is 0 Å². The Morgan fingerprint density at radius 2 is 1.95 bits per heavy atom. The molecule has 0 aromatic carbocycles. The standard InChI is InChI=1S/C30H38N2O8/c1-17(2)27-22-13-23(28(35)37-7)30(36)11-10-29(5,40-30)25(14-21(22)18(3)12-24(27)38-19(4)33)39-26(34)9-8-20-15-32(6)16-31-20/h8-13,15-17,21-22,24-25,27,36H,14H2,1-7H3/b9-8+,23-13-/t21?,22?,24?,25?,27?,29-,30+/m0/s1. The fraction of sp³-hybridized carbons (Fsp3) is 0.533. The summed E-state index contributed by atoms with van der Waals surface area (Å²) in [6, 6.07) is 0. The first kappa shape index (κ1) is 29.5. The van der Waals surface area contributed by atoms with Gasteiger partial charge in [0.05, 0.1) is 24.7 Å². The Hall–Kier alpha value is -3.50. The molecule has 2 aliphatic heterocycles. The smallest absolute Gasteiger partial charge is 0.339 e. The van der Waals surface area contributed by atoms with E-state index >= 15 is 0 Å². The van der Waals surface area contributed by atoms with Crippen LogP contribution in [0, 0.1) is 23.7 Å². The fourth-order valence-corrected chi connectivity index (χ4v) is 6.10. The predicted octanol–water partition coefficient (Wildman–Crippen LogP) is 3.28. The maximum absolute atomic E-state index is 13.0.